The first-order valence-electron chi connectivity index (χ1n) is 11.4. The summed E-state index contributed by atoms with van der Waals surface area (Å²) in [5.41, 5.74) is 2.73. The van der Waals surface area contributed by atoms with Gasteiger partial charge in [0.15, 0.2) is 0 Å². The molecule has 8 nitrogen and oxygen atoms in total. The van der Waals surface area contributed by atoms with Gasteiger partial charge in [0.2, 0.25) is 0 Å². The lowest BCUT2D eigenvalue weighted by molar-refractivity contribution is 0.0837. The van der Waals surface area contributed by atoms with Crippen molar-refractivity contribution < 1.29 is 9.90 Å². The third-order valence-corrected chi connectivity index (χ3v) is 5.94. The van der Waals surface area contributed by atoms with E-state index in [2.05, 4.69) is 55.1 Å². The molecule has 3 heterocycles. The largest absolute Gasteiger partial charge is 0.390 e. The van der Waals surface area contributed by atoms with Crippen LogP contribution in [0.5, 0.6) is 0 Å². The van der Waals surface area contributed by atoms with E-state index in [1.165, 1.54) is 11.1 Å². The number of benzene rings is 1. The summed E-state index contributed by atoms with van der Waals surface area (Å²) >= 11 is 0. The highest BCUT2D eigenvalue weighted by atomic mass is 16.3. The van der Waals surface area contributed by atoms with E-state index >= 15 is 0 Å². The lowest BCUT2D eigenvalue weighted by atomic mass is 9.95. The summed E-state index contributed by atoms with van der Waals surface area (Å²) in [6, 6.07) is 10.4. The van der Waals surface area contributed by atoms with Crippen LogP contribution in [0.1, 0.15) is 48.2 Å². The minimum absolute atomic E-state index is 0.182. The van der Waals surface area contributed by atoms with E-state index < -0.39 is 6.10 Å². The van der Waals surface area contributed by atoms with Gasteiger partial charge < -0.3 is 21.1 Å². The first kappa shape index (κ1) is 22.6. The summed E-state index contributed by atoms with van der Waals surface area (Å²) in [5, 5.41) is 20.0. The van der Waals surface area contributed by atoms with E-state index in [1.807, 2.05) is 20.8 Å². The van der Waals surface area contributed by atoms with Gasteiger partial charge in [-0.3, -0.25) is 9.69 Å². The Kier molecular flexibility index (Phi) is 6.74. The van der Waals surface area contributed by atoms with Crippen molar-refractivity contribution in [3.8, 4) is 0 Å². The molecule has 2 aliphatic heterocycles. The van der Waals surface area contributed by atoms with Gasteiger partial charge in [0.25, 0.3) is 5.91 Å². The highest BCUT2D eigenvalue weighted by Gasteiger charge is 2.24. The van der Waals surface area contributed by atoms with E-state index in [0.717, 1.165) is 32.6 Å². The Hall–Kier alpha value is -2.55. The van der Waals surface area contributed by atoms with Crippen LogP contribution in [0, 0.1) is 0 Å². The molecule has 1 fully saturated rings. The first-order valence-corrected chi connectivity index (χ1v) is 11.4. The number of carbonyl (C=O) groups excluding carboxylic acids is 1. The molecule has 8 heteroatoms. The van der Waals surface area contributed by atoms with Crippen LogP contribution in [0.2, 0.25) is 0 Å². The number of aromatic nitrogens is 2. The summed E-state index contributed by atoms with van der Waals surface area (Å²) in [7, 11) is 0. The van der Waals surface area contributed by atoms with Gasteiger partial charge in [0.1, 0.15) is 17.3 Å². The molecule has 1 amide bonds. The summed E-state index contributed by atoms with van der Waals surface area (Å²) in [4.78, 5) is 24.2. The fraction of sp³-hybridized carbons (Fsp3) is 0.542. The standard InChI is InChI=1S/C24H34N6O2/c1-24(2,3)23-28-20(10-21(29-23)27-18-11-25-12-18)22(32)26-13-19(31)15-30-9-8-16-6-4-5-7-17(16)14-30/h4-7,10,18-19,25,31H,8-9,11-15H2,1-3H3,(H,26,32)(H,27,28,29)/t19-/m0/s1. The smallest absolute Gasteiger partial charge is 0.270 e. The van der Waals surface area contributed by atoms with Gasteiger partial charge in [0.05, 0.1) is 12.1 Å². The predicted molar refractivity (Wildman–Crippen MR) is 125 cm³/mol. The van der Waals surface area contributed by atoms with Crippen LogP contribution < -0.4 is 16.0 Å². The Bertz CT molecular complexity index is 954. The minimum Gasteiger partial charge on any atom is -0.390 e. The molecule has 0 unspecified atom stereocenters. The Morgan fingerprint density at radius 2 is 2.00 bits per heavy atom. The molecule has 1 atom stereocenters. The Morgan fingerprint density at radius 1 is 1.25 bits per heavy atom. The third kappa shape index (κ3) is 5.62. The highest BCUT2D eigenvalue weighted by molar-refractivity contribution is 5.93. The van der Waals surface area contributed by atoms with Crippen molar-refractivity contribution in [2.75, 3.05) is 38.0 Å². The fourth-order valence-corrected chi connectivity index (χ4v) is 3.95. The topological polar surface area (TPSA) is 102 Å². The quantitative estimate of drug-likeness (QED) is 0.517. The number of amides is 1. The van der Waals surface area contributed by atoms with Crippen LogP contribution >= 0.6 is 0 Å². The van der Waals surface area contributed by atoms with E-state index in [0.29, 0.717) is 29.9 Å². The predicted octanol–water partition coefficient (Wildman–Crippen LogP) is 1.31. The molecule has 0 bridgehead atoms. The number of aliphatic hydroxyl groups is 1. The SMILES string of the molecule is CC(C)(C)c1nc(NC2CNC2)cc(C(=O)NC[C@H](O)CN2CCc3ccccc3C2)n1. The van der Waals surface area contributed by atoms with Gasteiger partial charge in [-0.1, -0.05) is 45.0 Å². The lowest BCUT2D eigenvalue weighted by Crippen LogP contribution is -2.51. The Morgan fingerprint density at radius 3 is 2.69 bits per heavy atom. The first-order chi connectivity index (χ1) is 15.3. The van der Waals surface area contributed by atoms with E-state index in [4.69, 9.17) is 0 Å². The van der Waals surface area contributed by atoms with Crippen molar-refractivity contribution in [3.63, 3.8) is 0 Å². The molecule has 1 saturated heterocycles. The molecule has 4 rings (SSSR count). The van der Waals surface area contributed by atoms with Crippen LogP contribution in [0.3, 0.4) is 0 Å². The number of aliphatic hydroxyl groups excluding tert-OH is 1. The van der Waals surface area contributed by atoms with Crippen molar-refractivity contribution in [1.29, 1.82) is 0 Å². The van der Waals surface area contributed by atoms with Gasteiger partial charge in [-0.15, -0.1) is 0 Å². The van der Waals surface area contributed by atoms with Crippen LogP contribution in [-0.2, 0) is 18.4 Å². The van der Waals surface area contributed by atoms with Crippen molar-refractivity contribution in [2.45, 2.75) is 51.3 Å². The van der Waals surface area contributed by atoms with Gasteiger partial charge in [-0.05, 0) is 17.5 Å². The molecular weight excluding hydrogens is 404 g/mol. The molecule has 0 saturated carbocycles. The highest BCUT2D eigenvalue weighted by Crippen LogP contribution is 2.21. The van der Waals surface area contributed by atoms with Crippen molar-refractivity contribution >= 4 is 11.7 Å². The Balaban J connectivity index is 1.35. The van der Waals surface area contributed by atoms with Gasteiger partial charge in [-0.25, -0.2) is 9.97 Å². The maximum Gasteiger partial charge on any atom is 0.270 e. The van der Waals surface area contributed by atoms with Crippen molar-refractivity contribution in [3.05, 3.63) is 53.0 Å². The van der Waals surface area contributed by atoms with Crippen LogP contribution in [0.25, 0.3) is 0 Å². The number of nitrogens with one attached hydrogen (secondary N) is 3. The number of hydrogen-bond acceptors (Lipinski definition) is 7. The van der Waals surface area contributed by atoms with E-state index in [-0.39, 0.29) is 17.9 Å². The van der Waals surface area contributed by atoms with E-state index in [1.54, 1.807) is 6.07 Å². The second-order valence-electron chi connectivity index (χ2n) is 9.83. The van der Waals surface area contributed by atoms with E-state index in [9.17, 15) is 9.90 Å². The zero-order valence-electron chi connectivity index (χ0n) is 19.2. The molecule has 1 aromatic heterocycles. The lowest BCUT2D eigenvalue weighted by Gasteiger charge is -2.30. The molecule has 172 valence electrons. The normalized spacial score (nSPS) is 17.9. The average molecular weight is 439 g/mol. The molecule has 2 aromatic rings. The summed E-state index contributed by atoms with van der Waals surface area (Å²) in [6.45, 7) is 10.3. The number of carbonyl (C=O) groups is 1. The summed E-state index contributed by atoms with van der Waals surface area (Å²) < 4.78 is 0. The van der Waals surface area contributed by atoms with Crippen molar-refractivity contribution in [1.82, 2.24) is 25.5 Å². The molecule has 0 radical (unpaired) electrons. The monoisotopic (exact) mass is 438 g/mol. The molecule has 2 aliphatic rings. The van der Waals surface area contributed by atoms with Gasteiger partial charge in [-0.2, -0.15) is 0 Å². The minimum atomic E-state index is -0.646. The number of nitrogens with zero attached hydrogens (tertiary/aromatic N) is 3. The Labute approximate surface area is 189 Å². The summed E-state index contributed by atoms with van der Waals surface area (Å²) in [5.74, 6) is 0.984. The zero-order valence-corrected chi connectivity index (χ0v) is 19.2. The molecule has 0 spiro atoms. The maximum absolute atomic E-state index is 12.8. The molecule has 0 aliphatic carbocycles. The fourth-order valence-electron chi connectivity index (χ4n) is 3.95. The average Bonchev–Trinajstić information content (AvgIpc) is 2.73. The summed E-state index contributed by atoms with van der Waals surface area (Å²) in [6.07, 6.45) is 0.338. The van der Waals surface area contributed by atoms with Crippen LogP contribution in [-0.4, -0.2) is 70.8 Å². The second-order valence-corrected chi connectivity index (χ2v) is 9.83. The number of hydrogen-bond donors (Lipinski definition) is 4. The third-order valence-electron chi connectivity index (χ3n) is 5.94. The second kappa shape index (κ2) is 9.52. The van der Waals surface area contributed by atoms with Gasteiger partial charge in [0, 0.05) is 50.7 Å². The van der Waals surface area contributed by atoms with Crippen LogP contribution in [0.15, 0.2) is 30.3 Å². The molecule has 32 heavy (non-hydrogen) atoms. The molecular formula is C24H34N6O2. The number of anilines is 1. The van der Waals surface area contributed by atoms with Crippen LogP contribution in [0.4, 0.5) is 5.82 Å². The zero-order chi connectivity index (χ0) is 22.7. The van der Waals surface area contributed by atoms with Crippen molar-refractivity contribution in [2.24, 2.45) is 0 Å². The number of rotatable bonds is 7. The molecule has 1 aromatic carbocycles. The molecule has 4 N–H and O–H groups in total. The maximum atomic E-state index is 12.8. The number of fused-ring (bicyclic) bond motifs is 1. The number of β-amino-alcohol motifs (C(OH)–C–C–N with tert-alkyl or cyclic N) is 1. The van der Waals surface area contributed by atoms with Gasteiger partial charge >= 0.3 is 0 Å².